The van der Waals surface area contributed by atoms with Gasteiger partial charge in [0.05, 0.1) is 0 Å². The smallest absolute Gasteiger partial charge is 1.00 e. The predicted octanol–water partition coefficient (Wildman–Crippen LogP) is 0.693. The van der Waals surface area contributed by atoms with Crippen LogP contribution in [0.2, 0.25) is 3.67 Å². The van der Waals surface area contributed by atoms with Gasteiger partial charge in [0, 0.05) is 0 Å². The van der Waals surface area contributed by atoms with Crippen molar-refractivity contribution in [3.05, 3.63) is 150 Å². The molecule has 0 spiro atoms. The van der Waals surface area contributed by atoms with E-state index >= 15 is 0 Å². The topological polar surface area (TPSA) is 0 Å². The first-order valence-corrected chi connectivity index (χ1v) is 17.0. The Bertz CT molecular complexity index is 1330. The summed E-state index contributed by atoms with van der Waals surface area (Å²) in [5, 5.41) is 0. The molecule has 6 rings (SSSR count). The van der Waals surface area contributed by atoms with Crippen LogP contribution in [-0.2, 0) is 27.4 Å². The summed E-state index contributed by atoms with van der Waals surface area (Å²) >= 11 is -2.66. The van der Waals surface area contributed by atoms with Crippen molar-refractivity contribution in [3.63, 3.8) is 0 Å². The number of hydrogen-bond donors (Lipinski definition) is 0. The van der Waals surface area contributed by atoms with Crippen molar-refractivity contribution in [1.82, 2.24) is 0 Å². The molecule has 0 N–H and O–H groups in total. The molecule has 0 unspecified atom stereocenters. The Hall–Kier alpha value is -2.32. The van der Waals surface area contributed by atoms with E-state index in [9.17, 15) is 0 Å². The average Bonchev–Trinajstić information content (AvgIpc) is 3.52. The Morgan fingerprint density at radius 1 is 0.588 bits per heavy atom. The molecule has 34 heavy (non-hydrogen) atoms. The number of halogens is 2. The number of benzene rings is 4. The molecule has 0 radical (unpaired) electrons. The zero-order chi connectivity index (χ0) is 21.3. The van der Waals surface area contributed by atoms with Crippen LogP contribution in [0, 0.1) is 0 Å². The Balaban J connectivity index is 0.00000137. The molecule has 3 heteroatoms. The standard InChI is InChI=1S/C13H9.C13H10.C5H5.2ClH.Hf/c1-3-7-12-10(5-1)9-11-6-2-4-8-13(11)12;1-3-7-12(8-4-1)11-13-9-5-2-6-10-13;1-2-4-5-3-1;;;/h1-5,7-8H,9H2;1-10H;1-5H;2*1H;/q;;;;;+2/p-2. The van der Waals surface area contributed by atoms with Gasteiger partial charge in [-0.2, -0.15) is 0 Å². The summed E-state index contributed by atoms with van der Waals surface area (Å²) in [5.74, 6) is 0. The summed E-state index contributed by atoms with van der Waals surface area (Å²) in [6.45, 7) is 0. The van der Waals surface area contributed by atoms with Gasteiger partial charge in [-0.1, -0.05) is 0 Å². The van der Waals surface area contributed by atoms with Crippen LogP contribution in [0.4, 0.5) is 0 Å². The molecular weight excluding hydrogens is 622 g/mol. The van der Waals surface area contributed by atoms with E-state index in [1.807, 2.05) is 0 Å². The third kappa shape index (κ3) is 4.50. The summed E-state index contributed by atoms with van der Waals surface area (Å²) in [6.07, 6.45) is 10.5. The zero-order valence-electron chi connectivity index (χ0n) is 18.7. The minimum absolute atomic E-state index is 0. The first kappa shape index (κ1) is 24.8. The van der Waals surface area contributed by atoms with Crippen LogP contribution in [0.15, 0.2) is 127 Å². The molecule has 4 aromatic rings. The Morgan fingerprint density at radius 3 is 1.79 bits per heavy atom. The van der Waals surface area contributed by atoms with Crippen molar-refractivity contribution in [1.29, 1.82) is 0 Å². The van der Waals surface area contributed by atoms with Crippen LogP contribution in [0.3, 0.4) is 0 Å². The molecule has 4 aromatic carbocycles. The number of hydrogen-bond acceptors (Lipinski definition) is 0. The van der Waals surface area contributed by atoms with E-state index in [1.54, 1.807) is 12.1 Å². The first-order chi connectivity index (χ1) is 15.9. The molecule has 0 atom stereocenters. The Kier molecular flexibility index (Phi) is 7.99. The van der Waals surface area contributed by atoms with Gasteiger partial charge in [0.2, 0.25) is 0 Å². The van der Waals surface area contributed by atoms with Gasteiger partial charge in [-0.15, -0.1) is 0 Å². The Labute approximate surface area is 221 Å². The van der Waals surface area contributed by atoms with Gasteiger partial charge < -0.3 is 24.8 Å². The van der Waals surface area contributed by atoms with E-state index < -0.39 is 21.0 Å². The fraction of sp³-hybridized carbons (Fsp3) is 0.0645. The molecule has 166 valence electrons. The quantitative estimate of drug-likeness (QED) is 0.253. The second kappa shape index (κ2) is 11.0. The average molecular weight is 646 g/mol. The molecule has 0 bridgehead atoms. The van der Waals surface area contributed by atoms with Crippen molar-refractivity contribution in [2.24, 2.45) is 0 Å². The van der Waals surface area contributed by atoms with E-state index in [-0.39, 0.29) is 24.8 Å². The van der Waals surface area contributed by atoms with E-state index in [2.05, 4.69) is 127 Å². The minimum atomic E-state index is -2.66. The molecule has 0 amide bonds. The van der Waals surface area contributed by atoms with Crippen LogP contribution >= 0.6 is 0 Å². The normalized spacial score (nSPS) is 12.7. The molecule has 0 heterocycles. The van der Waals surface area contributed by atoms with Gasteiger partial charge in [-0.3, -0.25) is 0 Å². The summed E-state index contributed by atoms with van der Waals surface area (Å²) in [6, 6.07) is 38.3. The number of allylic oxidation sites excluding steroid dienone is 4. The Morgan fingerprint density at radius 2 is 1.15 bits per heavy atom. The van der Waals surface area contributed by atoms with Gasteiger partial charge in [0.15, 0.2) is 0 Å². The summed E-state index contributed by atoms with van der Waals surface area (Å²) in [5.41, 5.74) is 8.71. The molecule has 0 nitrogen and oxygen atoms in total. The van der Waals surface area contributed by atoms with Crippen LogP contribution < -0.4 is 28.1 Å². The maximum atomic E-state index is 2.46. The molecule has 2 aliphatic rings. The summed E-state index contributed by atoms with van der Waals surface area (Å²) in [7, 11) is 0. The molecule has 0 aliphatic heterocycles. The van der Waals surface area contributed by atoms with Gasteiger partial charge in [0.25, 0.3) is 0 Å². The van der Waals surface area contributed by atoms with Crippen LogP contribution in [0.1, 0.15) is 22.3 Å². The molecular formula is C31H24Cl2Hf. The fourth-order valence-electron chi connectivity index (χ4n) is 5.20. The van der Waals surface area contributed by atoms with E-state index in [4.69, 9.17) is 0 Å². The maximum Gasteiger partial charge on any atom is -1.00 e. The SMILES string of the molecule is C1=C[CH]([Hf+2](=[C](c2ccccc2)c2ccccc2)[c]2cccc3c2Cc2ccccc2-3)C=C1.[Cl-].[Cl-]. The first-order valence-electron chi connectivity index (χ1n) is 11.3. The van der Waals surface area contributed by atoms with E-state index in [0.29, 0.717) is 3.67 Å². The predicted molar refractivity (Wildman–Crippen MR) is 132 cm³/mol. The maximum absolute atomic E-state index is 2.66. The van der Waals surface area contributed by atoms with Gasteiger partial charge in [0.1, 0.15) is 0 Å². The van der Waals surface area contributed by atoms with Crippen molar-refractivity contribution >= 4 is 6.58 Å². The second-order valence-corrected chi connectivity index (χ2v) is 17.6. The third-order valence-corrected chi connectivity index (χ3v) is 18.2. The summed E-state index contributed by atoms with van der Waals surface area (Å²) < 4.78 is 3.82. The monoisotopic (exact) mass is 646 g/mol. The van der Waals surface area contributed by atoms with Crippen molar-refractivity contribution in [2.75, 3.05) is 0 Å². The molecule has 0 saturated carbocycles. The second-order valence-electron chi connectivity index (χ2n) is 8.48. The van der Waals surface area contributed by atoms with Crippen LogP contribution in [0.25, 0.3) is 11.1 Å². The largest absolute Gasteiger partial charge is 1.00 e. The molecule has 0 saturated heterocycles. The van der Waals surface area contributed by atoms with Crippen molar-refractivity contribution in [3.8, 4) is 11.1 Å². The molecule has 2 aliphatic carbocycles. The van der Waals surface area contributed by atoms with Crippen molar-refractivity contribution in [2.45, 2.75) is 10.1 Å². The third-order valence-electron chi connectivity index (χ3n) is 6.62. The van der Waals surface area contributed by atoms with E-state index in [1.165, 1.54) is 27.8 Å². The minimum Gasteiger partial charge on any atom is -1.00 e. The van der Waals surface area contributed by atoms with Gasteiger partial charge in [-0.25, -0.2) is 0 Å². The summed E-state index contributed by atoms with van der Waals surface area (Å²) in [4.78, 5) is 0. The fourth-order valence-corrected chi connectivity index (χ4v) is 17.2. The number of rotatable bonds is 4. The zero-order valence-corrected chi connectivity index (χ0v) is 23.8. The number of fused-ring (bicyclic) bond motifs is 3. The van der Waals surface area contributed by atoms with Gasteiger partial charge >= 0.3 is 198 Å². The van der Waals surface area contributed by atoms with Gasteiger partial charge in [-0.05, 0) is 0 Å². The van der Waals surface area contributed by atoms with Crippen molar-refractivity contribution < 1.29 is 45.8 Å². The molecule has 0 aromatic heterocycles. The van der Waals surface area contributed by atoms with E-state index in [0.717, 1.165) is 6.42 Å². The van der Waals surface area contributed by atoms with Crippen LogP contribution in [0.5, 0.6) is 0 Å². The van der Waals surface area contributed by atoms with Crippen LogP contribution in [-0.4, -0.2) is 3.26 Å². The molecule has 0 fully saturated rings.